The Labute approximate surface area is 118 Å². The Bertz CT molecular complexity index is 638. The lowest BCUT2D eigenvalue weighted by Crippen LogP contribution is -2.14. The molecule has 0 fully saturated rings. The molecule has 21 heavy (non-hydrogen) atoms. The van der Waals surface area contributed by atoms with Gasteiger partial charge < -0.3 is 9.84 Å². The van der Waals surface area contributed by atoms with E-state index in [1.807, 2.05) is 0 Å². The van der Waals surface area contributed by atoms with Crippen molar-refractivity contribution in [3.05, 3.63) is 65.0 Å². The number of benzene rings is 2. The fourth-order valence-corrected chi connectivity index (χ4v) is 2.11. The third kappa shape index (κ3) is 3.00. The number of ether oxygens (including phenoxy) is 1. The molecule has 2 aromatic carbocycles. The Morgan fingerprint density at radius 1 is 1.05 bits per heavy atom. The van der Waals surface area contributed by atoms with Gasteiger partial charge in [-0.25, -0.2) is 4.39 Å². The van der Waals surface area contributed by atoms with Crippen LogP contribution in [0.1, 0.15) is 22.8 Å². The average Bonchev–Trinajstić information content (AvgIpc) is 2.45. The van der Waals surface area contributed by atoms with E-state index in [1.165, 1.54) is 31.4 Å². The Balaban J connectivity index is 2.59. The molecule has 0 aliphatic carbocycles. The molecule has 1 unspecified atom stereocenters. The van der Waals surface area contributed by atoms with Crippen molar-refractivity contribution in [2.75, 3.05) is 7.11 Å². The van der Waals surface area contributed by atoms with E-state index in [4.69, 9.17) is 4.74 Å². The summed E-state index contributed by atoms with van der Waals surface area (Å²) in [4.78, 5) is 0. The summed E-state index contributed by atoms with van der Waals surface area (Å²) in [7, 11) is 1.25. The zero-order valence-corrected chi connectivity index (χ0v) is 11.0. The van der Waals surface area contributed by atoms with Gasteiger partial charge in [0, 0.05) is 0 Å². The quantitative estimate of drug-likeness (QED) is 0.870. The van der Waals surface area contributed by atoms with Crippen LogP contribution in [0.4, 0.5) is 17.6 Å². The van der Waals surface area contributed by atoms with Crippen molar-refractivity contribution in [3.63, 3.8) is 0 Å². The first-order chi connectivity index (χ1) is 9.86. The summed E-state index contributed by atoms with van der Waals surface area (Å²) >= 11 is 0. The van der Waals surface area contributed by atoms with Crippen LogP contribution in [-0.2, 0) is 6.18 Å². The summed E-state index contributed by atoms with van der Waals surface area (Å²) in [6.45, 7) is 0. The molecule has 0 aromatic heterocycles. The van der Waals surface area contributed by atoms with Crippen LogP contribution in [0.25, 0.3) is 0 Å². The minimum Gasteiger partial charge on any atom is -0.496 e. The van der Waals surface area contributed by atoms with Gasteiger partial charge in [-0.05, 0) is 23.8 Å². The van der Waals surface area contributed by atoms with E-state index in [0.717, 1.165) is 18.2 Å². The smallest absolute Gasteiger partial charge is 0.416 e. The van der Waals surface area contributed by atoms with Gasteiger partial charge in [0.05, 0.1) is 18.2 Å². The van der Waals surface area contributed by atoms with Crippen LogP contribution in [-0.4, -0.2) is 12.2 Å². The fraction of sp³-hybridized carbons (Fsp3) is 0.200. The molecule has 0 aliphatic heterocycles. The number of aliphatic hydroxyl groups is 1. The zero-order valence-electron chi connectivity index (χ0n) is 11.0. The Morgan fingerprint density at radius 3 is 2.33 bits per heavy atom. The number of hydrogen-bond acceptors (Lipinski definition) is 2. The average molecular weight is 300 g/mol. The van der Waals surface area contributed by atoms with Gasteiger partial charge in [0.15, 0.2) is 0 Å². The van der Waals surface area contributed by atoms with Gasteiger partial charge in [-0.15, -0.1) is 0 Å². The van der Waals surface area contributed by atoms with Gasteiger partial charge in [-0.1, -0.05) is 24.3 Å². The van der Waals surface area contributed by atoms with Crippen molar-refractivity contribution in [2.24, 2.45) is 0 Å². The summed E-state index contributed by atoms with van der Waals surface area (Å²) in [5, 5.41) is 10.2. The van der Waals surface area contributed by atoms with Gasteiger partial charge in [0.25, 0.3) is 0 Å². The summed E-state index contributed by atoms with van der Waals surface area (Å²) < 4.78 is 57.7. The van der Waals surface area contributed by atoms with E-state index in [2.05, 4.69) is 0 Å². The molecular formula is C15H12F4O2. The van der Waals surface area contributed by atoms with E-state index in [9.17, 15) is 22.7 Å². The molecular weight excluding hydrogens is 288 g/mol. The van der Waals surface area contributed by atoms with Gasteiger partial charge >= 0.3 is 6.18 Å². The van der Waals surface area contributed by atoms with Crippen LogP contribution in [0.2, 0.25) is 0 Å². The molecule has 2 aromatic rings. The number of hydrogen-bond donors (Lipinski definition) is 1. The van der Waals surface area contributed by atoms with Crippen LogP contribution in [0.3, 0.4) is 0 Å². The normalized spacial score (nSPS) is 13.0. The molecule has 0 radical (unpaired) electrons. The molecule has 1 atom stereocenters. The van der Waals surface area contributed by atoms with E-state index in [1.54, 1.807) is 0 Å². The molecule has 0 saturated heterocycles. The second-order valence-corrected chi connectivity index (χ2v) is 4.34. The number of methoxy groups -OCH3 is 1. The van der Waals surface area contributed by atoms with Crippen molar-refractivity contribution < 1.29 is 27.4 Å². The lowest BCUT2D eigenvalue weighted by Gasteiger charge is -2.20. The highest BCUT2D eigenvalue weighted by Gasteiger charge is 2.36. The maximum atomic E-state index is 13.9. The van der Waals surface area contributed by atoms with Gasteiger partial charge in [0.2, 0.25) is 0 Å². The molecule has 0 aliphatic rings. The van der Waals surface area contributed by atoms with Crippen LogP contribution in [0.15, 0.2) is 42.5 Å². The minimum absolute atomic E-state index is 0.0144. The molecule has 0 saturated carbocycles. The highest BCUT2D eigenvalue weighted by molar-refractivity contribution is 5.44. The van der Waals surface area contributed by atoms with Crippen molar-refractivity contribution >= 4 is 0 Å². The molecule has 6 heteroatoms. The lowest BCUT2D eigenvalue weighted by atomic mass is 9.95. The monoisotopic (exact) mass is 300 g/mol. The fourth-order valence-electron chi connectivity index (χ4n) is 2.11. The molecule has 2 nitrogen and oxygen atoms in total. The first-order valence-corrected chi connectivity index (χ1v) is 6.03. The van der Waals surface area contributed by atoms with Gasteiger partial charge in [0.1, 0.15) is 17.7 Å². The second kappa shape index (κ2) is 5.73. The summed E-state index contributed by atoms with van der Waals surface area (Å²) in [6, 6.07) is 8.28. The number of alkyl halides is 3. The zero-order chi connectivity index (χ0) is 15.6. The van der Waals surface area contributed by atoms with Gasteiger partial charge in [-0.2, -0.15) is 13.2 Å². The van der Waals surface area contributed by atoms with Crippen molar-refractivity contribution in [3.8, 4) is 5.75 Å². The van der Waals surface area contributed by atoms with Crippen molar-refractivity contribution in [1.82, 2.24) is 0 Å². The molecule has 2 rings (SSSR count). The minimum atomic E-state index is -4.64. The van der Waals surface area contributed by atoms with Crippen LogP contribution in [0, 0.1) is 5.82 Å². The molecule has 0 amide bonds. The van der Waals surface area contributed by atoms with Crippen molar-refractivity contribution in [2.45, 2.75) is 12.3 Å². The molecule has 112 valence electrons. The third-order valence-corrected chi connectivity index (χ3v) is 3.07. The predicted molar refractivity (Wildman–Crippen MR) is 68.5 cm³/mol. The van der Waals surface area contributed by atoms with Crippen LogP contribution < -0.4 is 4.74 Å². The maximum absolute atomic E-state index is 13.9. The van der Waals surface area contributed by atoms with E-state index >= 15 is 0 Å². The summed E-state index contributed by atoms with van der Waals surface area (Å²) in [6.07, 6.45) is -6.42. The predicted octanol–water partition coefficient (Wildman–Crippen LogP) is 3.93. The Hall–Kier alpha value is -2.08. The van der Waals surface area contributed by atoms with Gasteiger partial charge in [-0.3, -0.25) is 0 Å². The highest BCUT2D eigenvalue weighted by atomic mass is 19.4. The van der Waals surface area contributed by atoms with E-state index in [0.29, 0.717) is 0 Å². The van der Waals surface area contributed by atoms with Crippen LogP contribution in [0.5, 0.6) is 5.75 Å². The topological polar surface area (TPSA) is 29.5 Å². The number of rotatable bonds is 3. The second-order valence-electron chi connectivity index (χ2n) is 4.34. The molecule has 0 bridgehead atoms. The van der Waals surface area contributed by atoms with Crippen molar-refractivity contribution in [1.29, 1.82) is 0 Å². The number of halogens is 4. The Kier molecular flexibility index (Phi) is 4.18. The molecule has 1 N–H and O–H groups in total. The molecule has 0 spiro atoms. The third-order valence-electron chi connectivity index (χ3n) is 3.07. The molecule has 0 heterocycles. The van der Waals surface area contributed by atoms with Crippen LogP contribution >= 0.6 is 0 Å². The maximum Gasteiger partial charge on any atom is 0.416 e. The Morgan fingerprint density at radius 2 is 1.71 bits per heavy atom. The first-order valence-electron chi connectivity index (χ1n) is 6.03. The SMILES string of the molecule is COc1cccc(F)c1C(O)c1ccccc1C(F)(F)F. The summed E-state index contributed by atoms with van der Waals surface area (Å²) in [5.74, 6) is -0.849. The number of aliphatic hydroxyl groups excluding tert-OH is 1. The highest BCUT2D eigenvalue weighted by Crippen LogP contribution is 2.39. The van der Waals surface area contributed by atoms with E-state index in [-0.39, 0.29) is 11.3 Å². The summed E-state index contributed by atoms with van der Waals surface area (Å²) in [5.41, 5.74) is -1.76. The van der Waals surface area contributed by atoms with E-state index < -0.39 is 29.2 Å². The lowest BCUT2D eigenvalue weighted by molar-refractivity contribution is -0.139. The first kappa shape index (κ1) is 15.3. The standard InChI is InChI=1S/C15H12F4O2/c1-21-12-8-4-7-11(16)13(12)14(20)9-5-2-3-6-10(9)15(17,18)19/h2-8,14,20H,1H3. The largest absolute Gasteiger partial charge is 0.496 e.